The number of piperazine rings is 1. The second kappa shape index (κ2) is 11.4. The molecule has 3 heterocycles. The Hall–Kier alpha value is -1.35. The summed E-state index contributed by atoms with van der Waals surface area (Å²) in [4.78, 5) is 14.0. The average molecular weight is 471 g/mol. The third kappa shape index (κ3) is 6.12. The number of aromatic nitrogens is 1. The van der Waals surface area contributed by atoms with Crippen LogP contribution in [0.15, 0.2) is 41.0 Å². The van der Waals surface area contributed by atoms with Gasteiger partial charge in [-0.15, -0.1) is 24.0 Å². The molecule has 26 heavy (non-hydrogen) atoms. The van der Waals surface area contributed by atoms with Crippen LogP contribution in [0.2, 0.25) is 0 Å². The van der Waals surface area contributed by atoms with Gasteiger partial charge in [-0.25, -0.2) is 4.98 Å². The molecule has 0 saturated carbocycles. The third-order valence-electron chi connectivity index (χ3n) is 4.64. The maximum Gasteiger partial charge on any atom is 0.194 e. The molecule has 0 amide bonds. The van der Waals surface area contributed by atoms with Gasteiger partial charge in [0.15, 0.2) is 5.96 Å². The molecule has 1 fully saturated rings. The minimum atomic E-state index is 0. The quantitative estimate of drug-likeness (QED) is 0.310. The zero-order valence-electron chi connectivity index (χ0n) is 15.6. The molecule has 0 aromatic carbocycles. The molecular weight excluding hydrogens is 441 g/mol. The van der Waals surface area contributed by atoms with Gasteiger partial charge in [-0.1, -0.05) is 17.7 Å². The molecule has 2 aliphatic rings. The topological polar surface area (TPSA) is 53.0 Å². The van der Waals surface area contributed by atoms with Crippen molar-refractivity contribution in [2.45, 2.75) is 19.8 Å². The molecule has 3 rings (SSSR count). The second-order valence-corrected chi connectivity index (χ2v) is 6.33. The summed E-state index contributed by atoms with van der Waals surface area (Å²) in [5.41, 5.74) is 1.48. The summed E-state index contributed by atoms with van der Waals surface area (Å²) < 4.78 is 5.36. The number of guanidine groups is 1. The van der Waals surface area contributed by atoms with Crippen molar-refractivity contribution in [2.24, 2.45) is 4.99 Å². The lowest BCUT2D eigenvalue weighted by atomic mass is 10.1. The standard InChI is InChI=1S/C19H29N5O.HI/c1-2-20-19(22-10-6-17-7-15-25-16-8-17)24-13-11-23(12-14-24)18-5-3-4-9-21-18;/h3-5,7,9H,2,6,8,10-16H2,1H3,(H,20,22);1H. The number of halogens is 1. The monoisotopic (exact) mass is 471 g/mol. The smallest absolute Gasteiger partial charge is 0.194 e. The van der Waals surface area contributed by atoms with Crippen molar-refractivity contribution in [2.75, 3.05) is 57.4 Å². The van der Waals surface area contributed by atoms with Crippen LogP contribution in [-0.2, 0) is 4.74 Å². The van der Waals surface area contributed by atoms with Gasteiger partial charge in [0.05, 0.1) is 13.2 Å². The fraction of sp³-hybridized carbons (Fsp3) is 0.579. The molecule has 0 aliphatic carbocycles. The lowest BCUT2D eigenvalue weighted by Crippen LogP contribution is -2.52. The van der Waals surface area contributed by atoms with E-state index in [0.717, 1.165) is 77.1 Å². The Labute approximate surface area is 173 Å². The van der Waals surface area contributed by atoms with E-state index in [4.69, 9.17) is 9.73 Å². The zero-order valence-corrected chi connectivity index (χ0v) is 17.9. The largest absolute Gasteiger partial charge is 0.377 e. The Kier molecular flexibility index (Phi) is 9.17. The van der Waals surface area contributed by atoms with Crippen molar-refractivity contribution >= 4 is 35.8 Å². The van der Waals surface area contributed by atoms with Crippen LogP contribution in [0.5, 0.6) is 0 Å². The van der Waals surface area contributed by atoms with Gasteiger partial charge in [-0.05, 0) is 31.9 Å². The highest BCUT2D eigenvalue weighted by atomic mass is 127. The maximum atomic E-state index is 5.36. The molecule has 0 bridgehead atoms. The summed E-state index contributed by atoms with van der Waals surface area (Å²) in [6.07, 6.45) is 6.15. The van der Waals surface area contributed by atoms with Crippen molar-refractivity contribution in [1.29, 1.82) is 0 Å². The van der Waals surface area contributed by atoms with Crippen LogP contribution in [0.3, 0.4) is 0 Å². The number of nitrogens with zero attached hydrogens (tertiary/aromatic N) is 4. The van der Waals surface area contributed by atoms with Gasteiger partial charge in [0.2, 0.25) is 0 Å². The Morgan fingerprint density at radius 2 is 2.12 bits per heavy atom. The molecule has 7 heteroatoms. The van der Waals surface area contributed by atoms with Crippen molar-refractivity contribution < 1.29 is 4.74 Å². The first-order chi connectivity index (χ1) is 12.4. The van der Waals surface area contributed by atoms with Gasteiger partial charge in [0.1, 0.15) is 5.82 Å². The summed E-state index contributed by atoms with van der Waals surface area (Å²) >= 11 is 0. The zero-order chi connectivity index (χ0) is 17.3. The van der Waals surface area contributed by atoms with E-state index in [-0.39, 0.29) is 24.0 Å². The Balaban J connectivity index is 0.00000243. The van der Waals surface area contributed by atoms with Crippen LogP contribution in [-0.4, -0.2) is 68.3 Å². The molecule has 1 aromatic heterocycles. The Bertz CT molecular complexity index is 585. The van der Waals surface area contributed by atoms with Gasteiger partial charge in [-0.3, -0.25) is 4.99 Å². The summed E-state index contributed by atoms with van der Waals surface area (Å²) in [5.74, 6) is 2.10. The highest BCUT2D eigenvalue weighted by Gasteiger charge is 2.20. The fourth-order valence-electron chi connectivity index (χ4n) is 3.21. The average Bonchev–Trinajstić information content (AvgIpc) is 2.69. The van der Waals surface area contributed by atoms with E-state index in [9.17, 15) is 0 Å². The maximum absolute atomic E-state index is 5.36. The van der Waals surface area contributed by atoms with E-state index in [1.165, 1.54) is 5.57 Å². The first-order valence-corrected chi connectivity index (χ1v) is 9.31. The van der Waals surface area contributed by atoms with Crippen LogP contribution < -0.4 is 10.2 Å². The molecule has 144 valence electrons. The van der Waals surface area contributed by atoms with Gasteiger partial charge in [0.25, 0.3) is 0 Å². The molecular formula is C19H30IN5O. The molecule has 1 N–H and O–H groups in total. The molecule has 0 radical (unpaired) electrons. The number of ether oxygens (including phenoxy) is 1. The van der Waals surface area contributed by atoms with Gasteiger partial charge < -0.3 is 19.9 Å². The van der Waals surface area contributed by atoms with Crippen LogP contribution in [0.1, 0.15) is 19.8 Å². The predicted octanol–water partition coefficient (Wildman–Crippen LogP) is 2.52. The SMILES string of the molecule is CCNC(=NCCC1=CCOCC1)N1CCN(c2ccccn2)CC1.I. The van der Waals surface area contributed by atoms with Crippen LogP contribution in [0.4, 0.5) is 5.82 Å². The minimum Gasteiger partial charge on any atom is -0.377 e. The molecule has 0 unspecified atom stereocenters. The van der Waals surface area contributed by atoms with Crippen LogP contribution in [0.25, 0.3) is 0 Å². The molecule has 1 saturated heterocycles. The lowest BCUT2D eigenvalue weighted by Gasteiger charge is -2.37. The summed E-state index contributed by atoms with van der Waals surface area (Å²) in [6.45, 7) is 9.37. The first kappa shape index (κ1) is 21.0. The Morgan fingerprint density at radius 3 is 2.77 bits per heavy atom. The van der Waals surface area contributed by atoms with Gasteiger partial charge >= 0.3 is 0 Å². The van der Waals surface area contributed by atoms with Crippen molar-refractivity contribution in [1.82, 2.24) is 15.2 Å². The normalized spacial score (nSPS) is 18.2. The van der Waals surface area contributed by atoms with Crippen molar-refractivity contribution in [3.05, 3.63) is 36.0 Å². The first-order valence-electron chi connectivity index (χ1n) is 9.31. The van der Waals surface area contributed by atoms with E-state index < -0.39 is 0 Å². The number of pyridine rings is 1. The molecule has 2 aliphatic heterocycles. The van der Waals surface area contributed by atoms with E-state index in [2.05, 4.69) is 39.2 Å². The number of nitrogens with one attached hydrogen (secondary N) is 1. The molecule has 6 nitrogen and oxygen atoms in total. The molecule has 0 spiro atoms. The highest BCUT2D eigenvalue weighted by Crippen LogP contribution is 2.14. The van der Waals surface area contributed by atoms with Crippen LogP contribution in [0, 0.1) is 0 Å². The highest BCUT2D eigenvalue weighted by molar-refractivity contribution is 14.0. The summed E-state index contributed by atoms with van der Waals surface area (Å²) in [5, 5.41) is 3.44. The second-order valence-electron chi connectivity index (χ2n) is 6.33. The predicted molar refractivity (Wildman–Crippen MR) is 118 cm³/mol. The number of anilines is 1. The number of aliphatic imine (C=N–C) groups is 1. The number of hydrogen-bond acceptors (Lipinski definition) is 4. The summed E-state index contributed by atoms with van der Waals surface area (Å²) in [6, 6.07) is 6.09. The van der Waals surface area contributed by atoms with E-state index in [1.54, 1.807) is 0 Å². The minimum absolute atomic E-state index is 0. The van der Waals surface area contributed by atoms with Gasteiger partial charge in [0, 0.05) is 45.5 Å². The van der Waals surface area contributed by atoms with Crippen molar-refractivity contribution in [3.8, 4) is 0 Å². The van der Waals surface area contributed by atoms with E-state index in [1.807, 2.05) is 18.3 Å². The molecule has 1 aromatic rings. The Morgan fingerprint density at radius 1 is 1.27 bits per heavy atom. The van der Waals surface area contributed by atoms with Crippen molar-refractivity contribution in [3.63, 3.8) is 0 Å². The summed E-state index contributed by atoms with van der Waals surface area (Å²) in [7, 11) is 0. The third-order valence-corrected chi connectivity index (χ3v) is 4.64. The van der Waals surface area contributed by atoms with E-state index in [0.29, 0.717) is 0 Å². The fourth-order valence-corrected chi connectivity index (χ4v) is 3.21. The number of rotatable bonds is 5. The van der Waals surface area contributed by atoms with Gasteiger partial charge in [-0.2, -0.15) is 0 Å². The molecule has 0 atom stereocenters. The van der Waals surface area contributed by atoms with E-state index >= 15 is 0 Å². The van der Waals surface area contributed by atoms with Crippen LogP contribution >= 0.6 is 24.0 Å². The number of hydrogen-bond donors (Lipinski definition) is 1. The lowest BCUT2D eigenvalue weighted by molar-refractivity contribution is 0.153.